The van der Waals surface area contributed by atoms with Crippen molar-refractivity contribution in [2.24, 2.45) is 0 Å². The fourth-order valence-corrected chi connectivity index (χ4v) is 1.24. The fourth-order valence-electron chi connectivity index (χ4n) is 1.24. The molecule has 0 saturated carbocycles. The first-order valence-corrected chi connectivity index (χ1v) is 3.93. The van der Waals surface area contributed by atoms with Crippen molar-refractivity contribution in [2.45, 2.75) is 13.3 Å². The molecule has 0 aromatic heterocycles. The van der Waals surface area contributed by atoms with Gasteiger partial charge in [0.05, 0.1) is 13.2 Å². The quantitative estimate of drug-likeness (QED) is 0.558. The van der Waals surface area contributed by atoms with Crippen LogP contribution in [0.15, 0.2) is 36.0 Å². The van der Waals surface area contributed by atoms with Gasteiger partial charge in [-0.3, -0.25) is 0 Å². The van der Waals surface area contributed by atoms with Gasteiger partial charge in [-0.25, -0.2) is 0 Å². The number of rotatable bonds is 1. The molecule has 0 N–H and O–H groups in total. The van der Waals surface area contributed by atoms with E-state index >= 15 is 0 Å². The van der Waals surface area contributed by atoms with Crippen LogP contribution in [-0.4, -0.2) is 13.2 Å². The highest BCUT2D eigenvalue weighted by Crippen LogP contribution is 2.19. The summed E-state index contributed by atoms with van der Waals surface area (Å²) >= 11 is 0. The number of hydrogen-bond acceptors (Lipinski definition) is 1. The molecule has 1 saturated heterocycles. The Labute approximate surface area is 68.1 Å². The van der Waals surface area contributed by atoms with Crippen molar-refractivity contribution in [3.05, 3.63) is 36.0 Å². The lowest BCUT2D eigenvalue weighted by Crippen LogP contribution is -2.10. The molecule has 11 heavy (non-hydrogen) atoms. The lowest BCUT2D eigenvalue weighted by molar-refractivity contribution is 0.146. The zero-order valence-corrected chi connectivity index (χ0v) is 6.97. The van der Waals surface area contributed by atoms with Gasteiger partial charge in [-0.1, -0.05) is 24.8 Å². The van der Waals surface area contributed by atoms with E-state index in [4.69, 9.17) is 4.74 Å². The Morgan fingerprint density at radius 3 is 2.91 bits per heavy atom. The van der Waals surface area contributed by atoms with Gasteiger partial charge in [-0.2, -0.15) is 0 Å². The molecule has 1 aliphatic heterocycles. The van der Waals surface area contributed by atoms with E-state index < -0.39 is 0 Å². The molecule has 0 aliphatic carbocycles. The zero-order chi connectivity index (χ0) is 8.10. The average molecular weight is 150 g/mol. The number of ether oxygens (including phenoxy) is 1. The van der Waals surface area contributed by atoms with Crippen LogP contribution in [0.1, 0.15) is 13.3 Å². The topological polar surface area (TPSA) is 9.23 Å². The Kier molecular flexibility index (Phi) is 3.12. The van der Waals surface area contributed by atoms with Gasteiger partial charge >= 0.3 is 0 Å². The molecule has 0 amide bonds. The Hall–Kier alpha value is -0.820. The molecule has 1 fully saturated rings. The minimum atomic E-state index is 0.742. The summed E-state index contributed by atoms with van der Waals surface area (Å²) in [6, 6.07) is 0. The highest BCUT2D eigenvalue weighted by molar-refractivity contribution is 5.34. The van der Waals surface area contributed by atoms with Gasteiger partial charge in [0.2, 0.25) is 0 Å². The van der Waals surface area contributed by atoms with E-state index in [0.717, 1.165) is 19.6 Å². The van der Waals surface area contributed by atoms with Gasteiger partial charge in [0.1, 0.15) is 0 Å². The van der Waals surface area contributed by atoms with Crippen molar-refractivity contribution in [3.63, 3.8) is 0 Å². The molecule has 1 rings (SSSR count). The van der Waals surface area contributed by atoms with Crippen LogP contribution in [0, 0.1) is 0 Å². The molecule has 0 unspecified atom stereocenters. The Morgan fingerprint density at radius 1 is 1.45 bits per heavy atom. The monoisotopic (exact) mass is 150 g/mol. The SMILES string of the molecule is C=C/C=C1/COCC/C1=C/C. The first-order chi connectivity index (χ1) is 5.38. The predicted molar refractivity (Wildman–Crippen MR) is 47.5 cm³/mol. The number of hydrogen-bond donors (Lipinski definition) is 0. The summed E-state index contributed by atoms with van der Waals surface area (Å²) in [6.45, 7) is 7.33. The van der Waals surface area contributed by atoms with Crippen LogP contribution in [0.5, 0.6) is 0 Å². The second-order valence-electron chi connectivity index (χ2n) is 2.54. The molecule has 0 atom stereocenters. The molecule has 0 bridgehead atoms. The van der Waals surface area contributed by atoms with E-state index in [9.17, 15) is 0 Å². The van der Waals surface area contributed by atoms with Gasteiger partial charge in [0, 0.05) is 0 Å². The van der Waals surface area contributed by atoms with Gasteiger partial charge in [-0.15, -0.1) is 0 Å². The maximum Gasteiger partial charge on any atom is 0.0719 e. The summed E-state index contributed by atoms with van der Waals surface area (Å²) in [5, 5.41) is 0. The second-order valence-corrected chi connectivity index (χ2v) is 2.54. The van der Waals surface area contributed by atoms with E-state index in [2.05, 4.69) is 19.6 Å². The third-order valence-corrected chi connectivity index (χ3v) is 1.85. The fraction of sp³-hybridized carbons (Fsp3) is 0.400. The van der Waals surface area contributed by atoms with Crippen LogP contribution in [-0.2, 0) is 4.74 Å². The van der Waals surface area contributed by atoms with Crippen LogP contribution in [0.2, 0.25) is 0 Å². The van der Waals surface area contributed by atoms with Gasteiger partial charge < -0.3 is 4.74 Å². The van der Waals surface area contributed by atoms with E-state index in [1.807, 2.05) is 12.2 Å². The van der Waals surface area contributed by atoms with Crippen molar-refractivity contribution in [3.8, 4) is 0 Å². The molecule has 1 aliphatic rings. The summed E-state index contributed by atoms with van der Waals surface area (Å²) in [7, 11) is 0. The minimum Gasteiger partial charge on any atom is -0.376 e. The molecule has 1 heterocycles. The van der Waals surface area contributed by atoms with Crippen molar-refractivity contribution in [2.75, 3.05) is 13.2 Å². The Morgan fingerprint density at radius 2 is 2.27 bits per heavy atom. The minimum absolute atomic E-state index is 0.742. The summed E-state index contributed by atoms with van der Waals surface area (Å²) < 4.78 is 5.31. The molecular formula is C10H14O. The van der Waals surface area contributed by atoms with E-state index in [-0.39, 0.29) is 0 Å². The molecular weight excluding hydrogens is 136 g/mol. The Balaban J connectivity index is 2.74. The van der Waals surface area contributed by atoms with Crippen molar-refractivity contribution >= 4 is 0 Å². The molecule has 0 spiro atoms. The normalized spacial score (nSPS) is 25.9. The average Bonchev–Trinajstić information content (AvgIpc) is 2.06. The number of allylic oxidation sites excluding steroid dienone is 3. The molecule has 0 radical (unpaired) electrons. The van der Waals surface area contributed by atoms with E-state index in [1.54, 1.807) is 0 Å². The van der Waals surface area contributed by atoms with Crippen LogP contribution in [0.3, 0.4) is 0 Å². The molecule has 60 valence electrons. The molecule has 1 heteroatoms. The lowest BCUT2D eigenvalue weighted by atomic mass is 10.0. The van der Waals surface area contributed by atoms with Crippen LogP contribution >= 0.6 is 0 Å². The predicted octanol–water partition coefficient (Wildman–Crippen LogP) is 2.47. The first-order valence-electron chi connectivity index (χ1n) is 3.93. The highest BCUT2D eigenvalue weighted by atomic mass is 16.5. The van der Waals surface area contributed by atoms with Gasteiger partial charge in [0.25, 0.3) is 0 Å². The second kappa shape index (κ2) is 4.14. The maximum absolute atomic E-state index is 5.31. The van der Waals surface area contributed by atoms with Gasteiger partial charge in [0.15, 0.2) is 0 Å². The van der Waals surface area contributed by atoms with Crippen molar-refractivity contribution in [1.82, 2.24) is 0 Å². The lowest BCUT2D eigenvalue weighted by Gasteiger charge is -2.17. The summed E-state index contributed by atoms with van der Waals surface area (Å²) in [5.74, 6) is 0. The molecule has 0 aromatic rings. The van der Waals surface area contributed by atoms with Gasteiger partial charge in [-0.05, 0) is 24.5 Å². The Bertz CT molecular complexity index is 199. The van der Waals surface area contributed by atoms with E-state index in [1.165, 1.54) is 11.1 Å². The highest BCUT2D eigenvalue weighted by Gasteiger charge is 2.09. The molecule has 1 nitrogen and oxygen atoms in total. The van der Waals surface area contributed by atoms with Crippen molar-refractivity contribution in [1.29, 1.82) is 0 Å². The first kappa shape index (κ1) is 8.28. The smallest absolute Gasteiger partial charge is 0.0719 e. The van der Waals surface area contributed by atoms with E-state index in [0.29, 0.717) is 0 Å². The largest absolute Gasteiger partial charge is 0.376 e. The summed E-state index contributed by atoms with van der Waals surface area (Å²) in [6.07, 6.45) is 7.02. The van der Waals surface area contributed by atoms with Crippen molar-refractivity contribution < 1.29 is 4.74 Å². The third-order valence-electron chi connectivity index (χ3n) is 1.85. The summed E-state index contributed by atoms with van der Waals surface area (Å²) in [4.78, 5) is 0. The van der Waals surface area contributed by atoms with Crippen LogP contribution in [0.4, 0.5) is 0 Å². The van der Waals surface area contributed by atoms with Crippen LogP contribution < -0.4 is 0 Å². The standard InChI is InChI=1S/C10H14O/c1-3-5-10-8-11-7-6-9(10)4-2/h3-5H,1,6-8H2,2H3/b9-4-,10-5-. The van der Waals surface area contributed by atoms with Crippen LogP contribution in [0.25, 0.3) is 0 Å². The third kappa shape index (κ3) is 2.05. The summed E-state index contributed by atoms with van der Waals surface area (Å²) in [5.41, 5.74) is 2.67. The molecule has 0 aromatic carbocycles. The maximum atomic E-state index is 5.31. The zero-order valence-electron chi connectivity index (χ0n) is 6.97.